The first-order chi connectivity index (χ1) is 10.8. The largest absolute Gasteiger partial charge is 0.452 e. The molecule has 1 amide bonds. The Morgan fingerprint density at radius 3 is 2.57 bits per heavy atom. The van der Waals surface area contributed by atoms with E-state index in [2.05, 4.69) is 4.98 Å². The van der Waals surface area contributed by atoms with Crippen LogP contribution in [0.3, 0.4) is 0 Å². The topological polar surface area (TPSA) is 77.7 Å². The molecule has 0 unspecified atom stereocenters. The van der Waals surface area contributed by atoms with Crippen LogP contribution in [0, 0.1) is 0 Å². The van der Waals surface area contributed by atoms with E-state index < -0.39 is 6.09 Å². The van der Waals surface area contributed by atoms with Crippen LogP contribution in [0.15, 0.2) is 30.5 Å². The molecule has 0 bridgehead atoms. The van der Waals surface area contributed by atoms with Gasteiger partial charge in [0.25, 0.3) is 0 Å². The van der Waals surface area contributed by atoms with Gasteiger partial charge in [-0.3, -0.25) is 4.89 Å². The highest BCUT2D eigenvalue weighted by molar-refractivity contribution is 7.15. The monoisotopic (exact) mass is 355 g/mol. The maximum atomic E-state index is 11.7. The quantitative estimate of drug-likeness (QED) is 0.673. The van der Waals surface area contributed by atoms with Gasteiger partial charge in [0, 0.05) is 36.3 Å². The van der Waals surface area contributed by atoms with Crippen molar-refractivity contribution < 1.29 is 14.6 Å². The summed E-state index contributed by atoms with van der Waals surface area (Å²) in [7, 11) is 0. The molecule has 0 spiro atoms. The first kappa shape index (κ1) is 17.5. The molecule has 0 aliphatic carbocycles. The minimum atomic E-state index is -0.436. The summed E-state index contributed by atoms with van der Waals surface area (Å²) in [4.78, 5) is 28.6. The van der Waals surface area contributed by atoms with Crippen LogP contribution in [0.4, 0.5) is 4.79 Å². The van der Waals surface area contributed by atoms with Crippen LogP contribution in [0.1, 0.15) is 17.7 Å². The highest BCUT2D eigenvalue weighted by atomic mass is 35.5. The zero-order valence-electron chi connectivity index (χ0n) is 12.4. The van der Waals surface area contributed by atoms with Gasteiger partial charge in [-0.25, -0.2) is 14.7 Å². The molecule has 1 aliphatic rings. The third-order valence-corrected chi connectivity index (χ3v) is 4.50. The van der Waals surface area contributed by atoms with E-state index >= 15 is 0 Å². The SMILES string of the molecule is Cl.NCc1cnc(-c2ccc(OOC(=O)N3CCCC3)cc2)s1. The molecular formula is C15H18ClN3O3S. The Balaban J connectivity index is 0.00000192. The zero-order valence-corrected chi connectivity index (χ0v) is 14.1. The summed E-state index contributed by atoms with van der Waals surface area (Å²) in [6.45, 7) is 1.95. The van der Waals surface area contributed by atoms with E-state index in [-0.39, 0.29) is 12.4 Å². The van der Waals surface area contributed by atoms with Crippen molar-refractivity contribution in [3.05, 3.63) is 35.3 Å². The van der Waals surface area contributed by atoms with Crippen molar-refractivity contribution >= 4 is 29.8 Å². The minimum absolute atomic E-state index is 0. The van der Waals surface area contributed by atoms with Crippen LogP contribution < -0.4 is 10.6 Å². The lowest BCUT2D eigenvalue weighted by Crippen LogP contribution is -2.29. The molecule has 1 saturated heterocycles. The summed E-state index contributed by atoms with van der Waals surface area (Å²) >= 11 is 1.56. The van der Waals surface area contributed by atoms with E-state index in [1.54, 1.807) is 34.6 Å². The van der Waals surface area contributed by atoms with Gasteiger partial charge < -0.3 is 10.6 Å². The Kier molecular flexibility index (Phi) is 6.20. The minimum Gasteiger partial charge on any atom is -0.326 e. The lowest BCUT2D eigenvalue weighted by molar-refractivity contribution is -0.152. The van der Waals surface area contributed by atoms with Gasteiger partial charge in [-0.15, -0.1) is 23.7 Å². The van der Waals surface area contributed by atoms with Crippen molar-refractivity contribution in [3.63, 3.8) is 0 Å². The summed E-state index contributed by atoms with van der Waals surface area (Å²) in [5.41, 5.74) is 6.56. The van der Waals surface area contributed by atoms with Crippen LogP contribution in [0.25, 0.3) is 10.6 Å². The lowest BCUT2D eigenvalue weighted by Gasteiger charge is -2.13. The third kappa shape index (κ3) is 4.34. The summed E-state index contributed by atoms with van der Waals surface area (Å²) < 4.78 is 0. The van der Waals surface area contributed by atoms with E-state index in [0.717, 1.165) is 41.4 Å². The fourth-order valence-electron chi connectivity index (χ4n) is 2.22. The van der Waals surface area contributed by atoms with E-state index in [4.69, 9.17) is 15.5 Å². The Hall–Kier alpha value is -1.83. The molecular weight excluding hydrogens is 338 g/mol. The molecule has 1 aromatic carbocycles. The fourth-order valence-corrected chi connectivity index (χ4v) is 3.02. The Labute approximate surface area is 144 Å². The molecule has 1 aliphatic heterocycles. The van der Waals surface area contributed by atoms with Gasteiger partial charge in [-0.2, -0.15) is 0 Å². The first-order valence-corrected chi connectivity index (χ1v) is 7.96. The second-order valence-corrected chi connectivity index (χ2v) is 6.10. The van der Waals surface area contributed by atoms with Crippen molar-refractivity contribution in [2.24, 2.45) is 5.73 Å². The Bertz CT molecular complexity index is 642. The molecule has 0 saturated carbocycles. The number of carbonyl (C=O) groups excluding carboxylic acids is 1. The van der Waals surface area contributed by atoms with Crippen molar-refractivity contribution in [1.82, 2.24) is 9.88 Å². The van der Waals surface area contributed by atoms with E-state index in [1.807, 2.05) is 12.1 Å². The summed E-state index contributed by atoms with van der Waals surface area (Å²) in [5.74, 6) is 0.479. The molecule has 2 aromatic rings. The van der Waals surface area contributed by atoms with Gasteiger partial charge >= 0.3 is 6.09 Å². The number of amides is 1. The number of rotatable bonds is 4. The number of hydrogen-bond acceptors (Lipinski definition) is 6. The average molecular weight is 356 g/mol. The normalized spacial score (nSPS) is 13.5. The standard InChI is InChI=1S/C15H17N3O3S.ClH/c16-9-13-10-17-14(22-13)11-3-5-12(6-4-11)20-21-15(19)18-7-1-2-8-18;/h3-6,10H,1-2,7-9,16H2;1H. The molecule has 0 radical (unpaired) electrons. The third-order valence-electron chi connectivity index (χ3n) is 3.43. The molecule has 2 N–H and O–H groups in total. The molecule has 8 heteroatoms. The van der Waals surface area contributed by atoms with E-state index in [1.165, 1.54) is 0 Å². The van der Waals surface area contributed by atoms with Crippen molar-refractivity contribution in [3.8, 4) is 16.3 Å². The van der Waals surface area contributed by atoms with E-state index in [9.17, 15) is 4.79 Å². The average Bonchev–Trinajstić information content (AvgIpc) is 3.24. The second kappa shape index (κ2) is 8.14. The van der Waals surface area contributed by atoms with Crippen molar-refractivity contribution in [1.29, 1.82) is 0 Å². The van der Waals surface area contributed by atoms with Crippen molar-refractivity contribution in [2.75, 3.05) is 13.1 Å². The molecule has 1 aromatic heterocycles. The number of nitrogens with two attached hydrogens (primary N) is 1. The maximum absolute atomic E-state index is 11.7. The number of thiazole rings is 1. The highest BCUT2D eigenvalue weighted by Crippen LogP contribution is 2.26. The van der Waals surface area contributed by atoms with Crippen LogP contribution >= 0.6 is 23.7 Å². The molecule has 3 rings (SSSR count). The molecule has 124 valence electrons. The van der Waals surface area contributed by atoms with Gasteiger partial charge in [0.05, 0.1) is 0 Å². The Morgan fingerprint density at radius 2 is 1.96 bits per heavy atom. The smallest absolute Gasteiger partial charge is 0.326 e. The van der Waals surface area contributed by atoms with Gasteiger partial charge in [-0.1, -0.05) is 0 Å². The van der Waals surface area contributed by atoms with Gasteiger partial charge in [0.2, 0.25) is 0 Å². The number of benzene rings is 1. The number of carbonyl (C=O) groups is 1. The molecule has 0 atom stereocenters. The van der Waals surface area contributed by atoms with Gasteiger partial charge in [0.1, 0.15) is 5.01 Å². The van der Waals surface area contributed by atoms with Crippen molar-refractivity contribution in [2.45, 2.75) is 19.4 Å². The Morgan fingerprint density at radius 1 is 1.26 bits per heavy atom. The summed E-state index contributed by atoms with van der Waals surface area (Å²) in [6.07, 6.45) is 3.38. The molecule has 2 heterocycles. The number of likely N-dealkylation sites (tertiary alicyclic amines) is 1. The highest BCUT2D eigenvalue weighted by Gasteiger charge is 2.20. The number of aromatic nitrogens is 1. The number of nitrogens with zero attached hydrogens (tertiary/aromatic N) is 2. The zero-order chi connectivity index (χ0) is 15.4. The second-order valence-electron chi connectivity index (χ2n) is 4.99. The van der Waals surface area contributed by atoms with Crippen LogP contribution in [-0.2, 0) is 11.4 Å². The fraction of sp³-hybridized carbons (Fsp3) is 0.333. The lowest BCUT2D eigenvalue weighted by atomic mass is 10.2. The van der Waals surface area contributed by atoms with Crippen LogP contribution in [0.5, 0.6) is 5.75 Å². The predicted octanol–water partition coefficient (Wildman–Crippen LogP) is 3.22. The first-order valence-electron chi connectivity index (χ1n) is 7.15. The van der Waals surface area contributed by atoms with Crippen LogP contribution in [-0.4, -0.2) is 29.1 Å². The predicted molar refractivity (Wildman–Crippen MR) is 90.6 cm³/mol. The maximum Gasteiger partial charge on any atom is 0.452 e. The molecule has 23 heavy (non-hydrogen) atoms. The van der Waals surface area contributed by atoms with E-state index in [0.29, 0.717) is 12.3 Å². The summed E-state index contributed by atoms with van der Waals surface area (Å²) in [6, 6.07) is 7.24. The van der Waals surface area contributed by atoms with Crippen LogP contribution in [0.2, 0.25) is 0 Å². The van der Waals surface area contributed by atoms with Gasteiger partial charge in [-0.05, 0) is 37.1 Å². The van der Waals surface area contributed by atoms with Gasteiger partial charge in [0.15, 0.2) is 5.75 Å². The number of hydrogen-bond donors (Lipinski definition) is 1. The summed E-state index contributed by atoms with van der Waals surface area (Å²) in [5, 5.41) is 0.904. The molecule has 1 fully saturated rings. The number of halogens is 1. The molecule has 6 nitrogen and oxygen atoms in total.